The highest BCUT2D eigenvalue weighted by atomic mass is 32.2. The van der Waals surface area contributed by atoms with Gasteiger partial charge in [-0.25, -0.2) is 9.89 Å². The lowest BCUT2D eigenvalue weighted by Gasteiger charge is -2.04. The average Bonchev–Trinajstić information content (AvgIpc) is 3.24. The summed E-state index contributed by atoms with van der Waals surface area (Å²) < 4.78 is 6.90. The molecule has 3 aromatic rings. The highest BCUT2D eigenvalue weighted by Crippen LogP contribution is 2.19. The third kappa shape index (κ3) is 4.82. The van der Waals surface area contributed by atoms with Gasteiger partial charge in [0.05, 0.1) is 5.75 Å². The van der Waals surface area contributed by atoms with Gasteiger partial charge in [-0.2, -0.15) is 4.98 Å². The van der Waals surface area contributed by atoms with E-state index in [0.29, 0.717) is 23.3 Å². The van der Waals surface area contributed by atoms with Gasteiger partial charge in [0.2, 0.25) is 5.89 Å². The second-order valence-electron chi connectivity index (χ2n) is 5.70. The Kier molecular flexibility index (Phi) is 6.05. The molecule has 0 saturated heterocycles. The van der Waals surface area contributed by atoms with Crippen LogP contribution in [-0.2, 0) is 25.1 Å². The minimum atomic E-state index is -0.201. The molecular weight excluding hydrogens is 338 g/mol. The first kappa shape index (κ1) is 17.5. The largest absolute Gasteiger partial charge is 0.343 e. The van der Waals surface area contributed by atoms with E-state index in [2.05, 4.69) is 27.3 Å². The van der Waals surface area contributed by atoms with E-state index in [9.17, 15) is 4.79 Å². The number of aromatic nitrogens is 5. The molecule has 0 aliphatic rings. The molecule has 132 valence electrons. The molecule has 8 heteroatoms. The van der Waals surface area contributed by atoms with E-state index in [1.54, 1.807) is 4.57 Å². The fraction of sp³-hybridized carbons (Fsp3) is 0.412. The maximum Gasteiger partial charge on any atom is 0.343 e. The number of benzene rings is 1. The summed E-state index contributed by atoms with van der Waals surface area (Å²) in [6.07, 6.45) is 3.74. The topological polar surface area (TPSA) is 89.6 Å². The maximum atomic E-state index is 12.0. The smallest absolute Gasteiger partial charge is 0.338 e. The van der Waals surface area contributed by atoms with Crippen LogP contribution in [0.1, 0.15) is 37.0 Å². The highest BCUT2D eigenvalue weighted by molar-refractivity contribution is 7.98. The minimum Gasteiger partial charge on any atom is -0.338 e. The minimum absolute atomic E-state index is 0.201. The normalized spacial score (nSPS) is 11.1. The van der Waals surface area contributed by atoms with E-state index in [4.69, 9.17) is 4.52 Å². The van der Waals surface area contributed by atoms with E-state index in [1.165, 1.54) is 17.3 Å². The van der Waals surface area contributed by atoms with Crippen LogP contribution in [0, 0.1) is 0 Å². The summed E-state index contributed by atoms with van der Waals surface area (Å²) in [4.78, 5) is 16.3. The SMILES string of the molecule is CCCCc1noc(CSc2n[nH]c(=O)n2CCc2ccccc2)n1. The molecule has 1 aromatic carbocycles. The van der Waals surface area contributed by atoms with Crippen LogP contribution in [0.5, 0.6) is 0 Å². The number of rotatable bonds is 9. The Balaban J connectivity index is 1.59. The molecule has 0 aliphatic carbocycles. The van der Waals surface area contributed by atoms with E-state index in [-0.39, 0.29) is 5.69 Å². The third-order valence-electron chi connectivity index (χ3n) is 3.78. The van der Waals surface area contributed by atoms with Crippen molar-refractivity contribution < 1.29 is 4.52 Å². The van der Waals surface area contributed by atoms with Crippen molar-refractivity contribution in [3.63, 3.8) is 0 Å². The Morgan fingerprint density at radius 2 is 2.08 bits per heavy atom. The fourth-order valence-electron chi connectivity index (χ4n) is 2.41. The molecule has 0 aliphatic heterocycles. The van der Waals surface area contributed by atoms with E-state index >= 15 is 0 Å². The van der Waals surface area contributed by atoms with Crippen LogP contribution in [0.25, 0.3) is 0 Å². The molecule has 0 amide bonds. The Morgan fingerprint density at radius 1 is 1.24 bits per heavy atom. The van der Waals surface area contributed by atoms with Gasteiger partial charge in [0.1, 0.15) is 0 Å². The van der Waals surface area contributed by atoms with Gasteiger partial charge < -0.3 is 4.52 Å². The zero-order chi connectivity index (χ0) is 17.5. The van der Waals surface area contributed by atoms with Crippen molar-refractivity contribution in [2.45, 2.75) is 50.1 Å². The van der Waals surface area contributed by atoms with Crippen LogP contribution in [0.15, 0.2) is 44.8 Å². The zero-order valence-electron chi connectivity index (χ0n) is 14.1. The molecular formula is C17H21N5O2S. The molecule has 7 nitrogen and oxygen atoms in total. The summed E-state index contributed by atoms with van der Waals surface area (Å²) in [7, 11) is 0. The van der Waals surface area contributed by atoms with Gasteiger partial charge in [-0.3, -0.25) is 4.57 Å². The zero-order valence-corrected chi connectivity index (χ0v) is 15.0. The number of thioether (sulfide) groups is 1. The molecule has 1 N–H and O–H groups in total. The number of nitrogens with one attached hydrogen (secondary N) is 1. The first-order chi connectivity index (χ1) is 12.3. The first-order valence-electron chi connectivity index (χ1n) is 8.39. The van der Waals surface area contributed by atoms with Crippen LogP contribution in [0.2, 0.25) is 0 Å². The number of unbranched alkanes of at least 4 members (excludes halogenated alkanes) is 1. The second-order valence-corrected chi connectivity index (χ2v) is 6.64. The first-order valence-corrected chi connectivity index (χ1v) is 9.38. The number of aromatic amines is 1. The lowest BCUT2D eigenvalue weighted by atomic mass is 10.1. The Bertz CT molecular complexity index is 840. The summed E-state index contributed by atoms with van der Waals surface area (Å²) >= 11 is 1.42. The summed E-state index contributed by atoms with van der Waals surface area (Å²) in [6.45, 7) is 2.70. The second kappa shape index (κ2) is 8.66. The van der Waals surface area contributed by atoms with Crippen LogP contribution in [0.3, 0.4) is 0 Å². The van der Waals surface area contributed by atoms with Gasteiger partial charge >= 0.3 is 5.69 Å². The van der Waals surface area contributed by atoms with Gasteiger partial charge in [-0.05, 0) is 18.4 Å². The number of aryl methyl sites for hydroxylation is 2. The van der Waals surface area contributed by atoms with Crippen LogP contribution in [-0.4, -0.2) is 24.9 Å². The number of nitrogens with zero attached hydrogens (tertiary/aromatic N) is 4. The standard InChI is InChI=1S/C17H21N5O2S/c1-2-3-9-14-18-15(24-21-14)12-25-17-20-19-16(23)22(17)11-10-13-7-5-4-6-8-13/h4-8H,2-3,9-12H2,1H3,(H,19,23). The predicted octanol–water partition coefficient (Wildman–Crippen LogP) is 2.83. The lowest BCUT2D eigenvalue weighted by molar-refractivity contribution is 0.384. The maximum absolute atomic E-state index is 12.0. The molecule has 2 aromatic heterocycles. The van der Waals surface area contributed by atoms with Crippen molar-refractivity contribution >= 4 is 11.8 Å². The Labute approximate surface area is 149 Å². The monoisotopic (exact) mass is 359 g/mol. The van der Waals surface area contributed by atoms with Gasteiger partial charge in [0.15, 0.2) is 11.0 Å². The average molecular weight is 359 g/mol. The number of hydrogen-bond acceptors (Lipinski definition) is 6. The molecule has 0 bridgehead atoms. The Hall–Kier alpha value is -2.35. The van der Waals surface area contributed by atoms with Crippen LogP contribution >= 0.6 is 11.8 Å². The molecule has 0 spiro atoms. The van der Waals surface area contributed by atoms with E-state index < -0.39 is 0 Å². The van der Waals surface area contributed by atoms with Crippen molar-refractivity contribution in [2.24, 2.45) is 0 Å². The van der Waals surface area contributed by atoms with E-state index in [1.807, 2.05) is 30.3 Å². The molecule has 3 rings (SSSR count). The summed E-state index contributed by atoms with van der Waals surface area (Å²) in [5, 5.41) is 11.2. The van der Waals surface area contributed by atoms with Crippen molar-refractivity contribution in [3.8, 4) is 0 Å². The van der Waals surface area contributed by atoms with Gasteiger partial charge in [0, 0.05) is 13.0 Å². The molecule has 0 atom stereocenters. The molecule has 0 radical (unpaired) electrons. The quantitative estimate of drug-likeness (QED) is 0.591. The molecule has 0 unspecified atom stereocenters. The van der Waals surface area contributed by atoms with Crippen LogP contribution in [0.4, 0.5) is 0 Å². The third-order valence-corrected chi connectivity index (χ3v) is 4.74. The summed E-state index contributed by atoms with van der Waals surface area (Å²) in [5.41, 5.74) is 0.983. The Morgan fingerprint density at radius 3 is 2.88 bits per heavy atom. The predicted molar refractivity (Wildman–Crippen MR) is 95.5 cm³/mol. The molecule has 2 heterocycles. The lowest BCUT2D eigenvalue weighted by Crippen LogP contribution is -2.18. The highest BCUT2D eigenvalue weighted by Gasteiger charge is 2.12. The molecule has 0 fully saturated rings. The molecule has 25 heavy (non-hydrogen) atoms. The summed E-state index contributed by atoms with van der Waals surface area (Å²) in [6, 6.07) is 10.1. The number of H-pyrrole nitrogens is 1. The molecule has 0 saturated carbocycles. The van der Waals surface area contributed by atoms with Gasteiger partial charge in [0.25, 0.3) is 0 Å². The van der Waals surface area contributed by atoms with Crippen molar-refractivity contribution in [1.82, 2.24) is 24.9 Å². The van der Waals surface area contributed by atoms with E-state index in [0.717, 1.165) is 31.5 Å². The summed E-state index contributed by atoms with van der Waals surface area (Å²) in [5.74, 6) is 1.79. The van der Waals surface area contributed by atoms with Gasteiger partial charge in [-0.15, -0.1) is 5.10 Å². The van der Waals surface area contributed by atoms with Gasteiger partial charge in [-0.1, -0.05) is 60.6 Å². The number of hydrogen-bond donors (Lipinski definition) is 1. The van der Waals surface area contributed by atoms with Crippen molar-refractivity contribution in [3.05, 3.63) is 58.1 Å². The van der Waals surface area contributed by atoms with Crippen molar-refractivity contribution in [2.75, 3.05) is 0 Å². The fourth-order valence-corrected chi connectivity index (χ4v) is 3.22. The van der Waals surface area contributed by atoms with Crippen LogP contribution < -0.4 is 5.69 Å². The van der Waals surface area contributed by atoms with Crippen molar-refractivity contribution in [1.29, 1.82) is 0 Å².